The standard InChI is InChI=1S/C15H17N7O/c1-9(2)23-14-10(3)8-16-15(18-14)17-12-6-4-11(5-7-12)13-19-21-22-20-13/h4-9H,1-3H3,(H,16,17,18)(H,19,20,21,22). The molecule has 0 fully saturated rings. The van der Waals surface area contributed by atoms with Crippen LogP contribution >= 0.6 is 0 Å². The van der Waals surface area contributed by atoms with Gasteiger partial charge in [-0.1, -0.05) is 0 Å². The molecule has 8 nitrogen and oxygen atoms in total. The van der Waals surface area contributed by atoms with Gasteiger partial charge in [-0.2, -0.15) is 10.2 Å². The molecule has 0 saturated heterocycles. The fraction of sp³-hybridized carbons (Fsp3) is 0.267. The maximum atomic E-state index is 5.67. The van der Waals surface area contributed by atoms with Crippen molar-refractivity contribution < 1.29 is 4.74 Å². The Hall–Kier alpha value is -3.03. The molecule has 1 aromatic carbocycles. The predicted molar refractivity (Wildman–Crippen MR) is 85.4 cm³/mol. The van der Waals surface area contributed by atoms with Crippen LogP contribution < -0.4 is 10.1 Å². The van der Waals surface area contributed by atoms with E-state index < -0.39 is 0 Å². The summed E-state index contributed by atoms with van der Waals surface area (Å²) >= 11 is 0. The van der Waals surface area contributed by atoms with Crippen LogP contribution in [0.5, 0.6) is 5.88 Å². The number of tetrazole rings is 1. The molecule has 3 rings (SSSR count). The zero-order valence-corrected chi connectivity index (χ0v) is 13.1. The van der Waals surface area contributed by atoms with E-state index in [2.05, 4.69) is 35.9 Å². The lowest BCUT2D eigenvalue weighted by Crippen LogP contribution is -2.09. The van der Waals surface area contributed by atoms with E-state index in [0.29, 0.717) is 17.7 Å². The third kappa shape index (κ3) is 3.60. The normalized spacial score (nSPS) is 10.8. The lowest BCUT2D eigenvalue weighted by atomic mass is 10.2. The van der Waals surface area contributed by atoms with E-state index >= 15 is 0 Å². The number of hydrogen-bond donors (Lipinski definition) is 2. The summed E-state index contributed by atoms with van der Waals surface area (Å²) in [5, 5.41) is 17.0. The number of anilines is 2. The highest BCUT2D eigenvalue weighted by Gasteiger charge is 2.08. The highest BCUT2D eigenvalue weighted by atomic mass is 16.5. The molecule has 0 spiro atoms. The monoisotopic (exact) mass is 311 g/mol. The Bertz CT molecular complexity index is 769. The second-order valence-electron chi connectivity index (χ2n) is 5.29. The van der Waals surface area contributed by atoms with E-state index in [-0.39, 0.29) is 6.10 Å². The summed E-state index contributed by atoms with van der Waals surface area (Å²) in [6.07, 6.45) is 1.80. The van der Waals surface area contributed by atoms with Crippen molar-refractivity contribution in [2.75, 3.05) is 5.32 Å². The molecule has 3 aromatic rings. The van der Waals surface area contributed by atoms with Gasteiger partial charge in [-0.15, -0.1) is 10.2 Å². The maximum absolute atomic E-state index is 5.67. The number of aromatic amines is 1. The van der Waals surface area contributed by atoms with E-state index in [1.165, 1.54) is 0 Å². The van der Waals surface area contributed by atoms with Crippen LogP contribution in [-0.4, -0.2) is 36.7 Å². The van der Waals surface area contributed by atoms with Gasteiger partial charge in [0.1, 0.15) is 0 Å². The molecule has 2 heterocycles. The number of hydrogen-bond acceptors (Lipinski definition) is 7. The number of benzene rings is 1. The van der Waals surface area contributed by atoms with Gasteiger partial charge in [0.15, 0.2) is 0 Å². The molecule has 0 unspecified atom stereocenters. The van der Waals surface area contributed by atoms with Crippen molar-refractivity contribution in [3.8, 4) is 17.3 Å². The summed E-state index contributed by atoms with van der Waals surface area (Å²) in [6, 6.07) is 7.59. The smallest absolute Gasteiger partial charge is 0.230 e. The van der Waals surface area contributed by atoms with E-state index in [1.54, 1.807) is 6.20 Å². The van der Waals surface area contributed by atoms with Gasteiger partial charge in [0.05, 0.1) is 6.10 Å². The Balaban J connectivity index is 1.76. The van der Waals surface area contributed by atoms with E-state index in [1.807, 2.05) is 45.0 Å². The summed E-state index contributed by atoms with van der Waals surface area (Å²) in [5.41, 5.74) is 2.63. The molecule has 8 heteroatoms. The summed E-state index contributed by atoms with van der Waals surface area (Å²) in [7, 11) is 0. The average Bonchev–Trinajstić information content (AvgIpc) is 3.05. The first-order chi connectivity index (χ1) is 11.1. The molecule has 0 amide bonds. The maximum Gasteiger partial charge on any atom is 0.230 e. The van der Waals surface area contributed by atoms with Crippen LogP contribution in [0.1, 0.15) is 19.4 Å². The third-order valence-corrected chi connectivity index (χ3v) is 3.02. The number of nitrogens with one attached hydrogen (secondary N) is 2. The molecular weight excluding hydrogens is 294 g/mol. The van der Waals surface area contributed by atoms with Crippen molar-refractivity contribution in [3.05, 3.63) is 36.0 Å². The van der Waals surface area contributed by atoms with Gasteiger partial charge in [0, 0.05) is 23.0 Å². The minimum Gasteiger partial charge on any atom is -0.475 e. The van der Waals surface area contributed by atoms with Crippen molar-refractivity contribution in [3.63, 3.8) is 0 Å². The number of aryl methyl sites for hydroxylation is 1. The molecule has 2 aromatic heterocycles. The number of H-pyrrole nitrogens is 1. The molecule has 0 bridgehead atoms. The van der Waals surface area contributed by atoms with Crippen LogP contribution in [-0.2, 0) is 0 Å². The van der Waals surface area contributed by atoms with Gasteiger partial charge in [-0.05, 0) is 50.3 Å². The quantitative estimate of drug-likeness (QED) is 0.746. The van der Waals surface area contributed by atoms with Crippen molar-refractivity contribution in [2.45, 2.75) is 26.9 Å². The second-order valence-corrected chi connectivity index (χ2v) is 5.29. The number of nitrogens with zero attached hydrogens (tertiary/aromatic N) is 5. The first-order valence-electron chi connectivity index (χ1n) is 7.23. The van der Waals surface area contributed by atoms with Crippen molar-refractivity contribution in [1.82, 2.24) is 30.6 Å². The molecule has 2 N–H and O–H groups in total. The lowest BCUT2D eigenvalue weighted by Gasteiger charge is -2.12. The Morgan fingerprint density at radius 2 is 1.96 bits per heavy atom. The highest BCUT2D eigenvalue weighted by Crippen LogP contribution is 2.21. The summed E-state index contributed by atoms with van der Waals surface area (Å²) in [4.78, 5) is 8.67. The van der Waals surface area contributed by atoms with Crippen LogP contribution in [0.25, 0.3) is 11.4 Å². The number of aromatic nitrogens is 6. The Morgan fingerprint density at radius 1 is 1.17 bits per heavy atom. The van der Waals surface area contributed by atoms with Crippen LogP contribution in [0, 0.1) is 6.92 Å². The molecule has 0 aliphatic heterocycles. The summed E-state index contributed by atoms with van der Waals surface area (Å²) in [5.74, 6) is 1.62. The fourth-order valence-electron chi connectivity index (χ4n) is 1.95. The van der Waals surface area contributed by atoms with E-state index in [9.17, 15) is 0 Å². The van der Waals surface area contributed by atoms with Gasteiger partial charge in [-0.3, -0.25) is 0 Å². The average molecular weight is 311 g/mol. The van der Waals surface area contributed by atoms with Crippen molar-refractivity contribution >= 4 is 11.6 Å². The highest BCUT2D eigenvalue weighted by molar-refractivity contribution is 5.61. The molecule has 118 valence electrons. The molecule has 0 radical (unpaired) electrons. The Morgan fingerprint density at radius 3 is 2.61 bits per heavy atom. The van der Waals surface area contributed by atoms with E-state index in [0.717, 1.165) is 16.8 Å². The summed E-state index contributed by atoms with van der Waals surface area (Å²) in [6.45, 7) is 5.85. The molecule has 0 aliphatic rings. The zero-order chi connectivity index (χ0) is 16.2. The van der Waals surface area contributed by atoms with Crippen LogP contribution in [0.3, 0.4) is 0 Å². The van der Waals surface area contributed by atoms with Crippen molar-refractivity contribution in [2.24, 2.45) is 0 Å². The van der Waals surface area contributed by atoms with Gasteiger partial charge >= 0.3 is 0 Å². The van der Waals surface area contributed by atoms with Gasteiger partial charge in [0.25, 0.3) is 0 Å². The fourth-order valence-corrected chi connectivity index (χ4v) is 1.95. The van der Waals surface area contributed by atoms with Crippen LogP contribution in [0.15, 0.2) is 30.5 Å². The summed E-state index contributed by atoms with van der Waals surface area (Å²) < 4.78 is 5.67. The third-order valence-electron chi connectivity index (χ3n) is 3.02. The zero-order valence-electron chi connectivity index (χ0n) is 13.1. The largest absolute Gasteiger partial charge is 0.475 e. The number of rotatable bonds is 5. The second kappa shape index (κ2) is 6.39. The minimum absolute atomic E-state index is 0.0608. The van der Waals surface area contributed by atoms with Crippen LogP contribution in [0.4, 0.5) is 11.6 Å². The topological polar surface area (TPSA) is 102 Å². The molecule has 0 aliphatic carbocycles. The first kappa shape index (κ1) is 14.9. The minimum atomic E-state index is 0.0608. The van der Waals surface area contributed by atoms with Crippen LogP contribution in [0.2, 0.25) is 0 Å². The van der Waals surface area contributed by atoms with Gasteiger partial charge in [-0.25, -0.2) is 4.98 Å². The molecular formula is C15H17N7O. The van der Waals surface area contributed by atoms with Gasteiger partial charge < -0.3 is 10.1 Å². The Labute approximate surface area is 133 Å². The Kier molecular flexibility index (Phi) is 4.13. The lowest BCUT2D eigenvalue weighted by molar-refractivity contribution is 0.231. The first-order valence-corrected chi connectivity index (χ1v) is 7.23. The van der Waals surface area contributed by atoms with E-state index in [4.69, 9.17) is 4.74 Å². The number of ether oxygens (including phenoxy) is 1. The van der Waals surface area contributed by atoms with Gasteiger partial charge in [0.2, 0.25) is 17.7 Å². The molecule has 0 atom stereocenters. The SMILES string of the molecule is Cc1cnc(Nc2ccc(-c3nn[nH]n3)cc2)nc1OC(C)C. The predicted octanol–water partition coefficient (Wildman–Crippen LogP) is 2.50. The van der Waals surface area contributed by atoms with Crippen molar-refractivity contribution in [1.29, 1.82) is 0 Å². The molecule has 0 saturated carbocycles. The molecule has 23 heavy (non-hydrogen) atoms.